The highest BCUT2D eigenvalue weighted by atomic mass is 19.4. The number of carbonyl (C=O) groups is 1. The van der Waals surface area contributed by atoms with E-state index in [1.54, 1.807) is 12.1 Å². The molecule has 2 rings (SSSR count). The maximum atomic E-state index is 12.1. The SMILES string of the molecule is C[NH+]1CCN(c2ccc(NC(=O)C(F)(F)F)cc2)CC1. The molecule has 1 aliphatic rings. The van der Waals surface area contributed by atoms with Gasteiger partial charge in [-0.1, -0.05) is 0 Å². The minimum Gasteiger partial charge on any atom is -0.360 e. The van der Waals surface area contributed by atoms with E-state index in [2.05, 4.69) is 11.9 Å². The monoisotopic (exact) mass is 288 g/mol. The second kappa shape index (κ2) is 5.70. The normalized spacial score (nSPS) is 17.1. The van der Waals surface area contributed by atoms with Crippen LogP contribution in [0.2, 0.25) is 0 Å². The number of piperazine rings is 1. The Balaban J connectivity index is 1.98. The molecule has 0 aliphatic carbocycles. The summed E-state index contributed by atoms with van der Waals surface area (Å²) in [4.78, 5) is 14.5. The average Bonchev–Trinajstić information content (AvgIpc) is 2.39. The zero-order valence-corrected chi connectivity index (χ0v) is 11.1. The highest BCUT2D eigenvalue weighted by Gasteiger charge is 2.38. The maximum Gasteiger partial charge on any atom is 0.471 e. The molecule has 0 radical (unpaired) electrons. The first-order valence-electron chi connectivity index (χ1n) is 6.41. The number of anilines is 2. The number of amides is 1. The van der Waals surface area contributed by atoms with Crippen LogP contribution in [0.5, 0.6) is 0 Å². The third-order valence-electron chi connectivity index (χ3n) is 3.36. The first-order valence-corrected chi connectivity index (χ1v) is 6.41. The molecule has 1 amide bonds. The zero-order chi connectivity index (χ0) is 14.8. The predicted octanol–water partition coefficient (Wildman–Crippen LogP) is 0.522. The van der Waals surface area contributed by atoms with Gasteiger partial charge in [-0.15, -0.1) is 0 Å². The number of hydrogen-bond acceptors (Lipinski definition) is 2. The molecule has 1 heterocycles. The van der Waals surface area contributed by atoms with Gasteiger partial charge in [-0.3, -0.25) is 4.79 Å². The smallest absolute Gasteiger partial charge is 0.360 e. The van der Waals surface area contributed by atoms with Crippen LogP contribution in [-0.4, -0.2) is 45.3 Å². The minimum absolute atomic E-state index is 0.149. The number of alkyl halides is 3. The summed E-state index contributed by atoms with van der Waals surface area (Å²) in [6.45, 7) is 3.90. The summed E-state index contributed by atoms with van der Waals surface area (Å²) in [5.41, 5.74) is 1.11. The number of likely N-dealkylation sites (N-methyl/N-ethyl adjacent to an activating group) is 1. The summed E-state index contributed by atoms with van der Waals surface area (Å²) >= 11 is 0. The fraction of sp³-hybridized carbons (Fsp3) is 0.462. The first-order chi connectivity index (χ1) is 9.36. The topological polar surface area (TPSA) is 36.8 Å². The molecule has 1 saturated heterocycles. The lowest BCUT2D eigenvalue weighted by Gasteiger charge is -2.31. The molecule has 1 aromatic rings. The Morgan fingerprint density at radius 3 is 2.25 bits per heavy atom. The van der Waals surface area contributed by atoms with Gasteiger partial charge < -0.3 is 15.1 Å². The molecule has 0 bridgehead atoms. The van der Waals surface area contributed by atoms with Crippen molar-refractivity contribution in [3.05, 3.63) is 24.3 Å². The Kier molecular flexibility index (Phi) is 4.17. The van der Waals surface area contributed by atoms with Gasteiger partial charge >= 0.3 is 12.1 Å². The molecule has 4 nitrogen and oxygen atoms in total. The molecule has 0 saturated carbocycles. The van der Waals surface area contributed by atoms with Crippen molar-refractivity contribution in [3.63, 3.8) is 0 Å². The van der Waals surface area contributed by atoms with Gasteiger partial charge in [0.15, 0.2) is 0 Å². The van der Waals surface area contributed by atoms with Gasteiger partial charge in [0.1, 0.15) is 0 Å². The molecule has 110 valence electrons. The lowest BCUT2D eigenvalue weighted by atomic mass is 10.2. The summed E-state index contributed by atoms with van der Waals surface area (Å²) in [6.07, 6.45) is -4.86. The van der Waals surface area contributed by atoms with E-state index in [1.807, 2.05) is 5.32 Å². The Morgan fingerprint density at radius 1 is 1.20 bits per heavy atom. The molecule has 1 fully saturated rings. The van der Waals surface area contributed by atoms with Crippen LogP contribution in [0.4, 0.5) is 24.5 Å². The van der Waals surface area contributed by atoms with Gasteiger partial charge in [-0.2, -0.15) is 13.2 Å². The van der Waals surface area contributed by atoms with Gasteiger partial charge in [0, 0.05) is 11.4 Å². The van der Waals surface area contributed by atoms with Gasteiger partial charge in [0.25, 0.3) is 0 Å². The molecule has 7 heteroatoms. The summed E-state index contributed by atoms with van der Waals surface area (Å²) in [7, 11) is 2.13. The van der Waals surface area contributed by atoms with Crippen LogP contribution >= 0.6 is 0 Å². The van der Waals surface area contributed by atoms with Crippen molar-refractivity contribution in [3.8, 4) is 0 Å². The third kappa shape index (κ3) is 3.63. The zero-order valence-electron chi connectivity index (χ0n) is 11.1. The molecule has 2 N–H and O–H groups in total. The molecular weight excluding hydrogens is 271 g/mol. The van der Waals surface area contributed by atoms with Crippen LogP contribution in [0.1, 0.15) is 0 Å². The molecule has 20 heavy (non-hydrogen) atoms. The van der Waals surface area contributed by atoms with Gasteiger partial charge in [-0.05, 0) is 24.3 Å². The van der Waals surface area contributed by atoms with E-state index in [-0.39, 0.29) is 5.69 Å². The lowest BCUT2D eigenvalue weighted by molar-refractivity contribution is -0.880. The van der Waals surface area contributed by atoms with Crippen LogP contribution in [0, 0.1) is 0 Å². The second-order valence-electron chi connectivity index (χ2n) is 4.94. The fourth-order valence-corrected chi connectivity index (χ4v) is 2.10. The Labute approximate surface area is 115 Å². The average molecular weight is 288 g/mol. The van der Waals surface area contributed by atoms with Crippen molar-refractivity contribution in [2.75, 3.05) is 43.4 Å². The summed E-state index contributed by atoms with van der Waals surface area (Å²) in [5.74, 6) is -1.95. The van der Waals surface area contributed by atoms with E-state index in [0.717, 1.165) is 31.9 Å². The van der Waals surface area contributed by atoms with Crippen LogP contribution in [0.25, 0.3) is 0 Å². The number of carbonyl (C=O) groups excluding carboxylic acids is 1. The van der Waals surface area contributed by atoms with Gasteiger partial charge in [0.2, 0.25) is 0 Å². The molecule has 0 unspecified atom stereocenters. The van der Waals surface area contributed by atoms with Gasteiger partial charge in [-0.25, -0.2) is 0 Å². The Bertz CT molecular complexity index is 465. The highest BCUT2D eigenvalue weighted by Crippen LogP contribution is 2.21. The lowest BCUT2D eigenvalue weighted by Crippen LogP contribution is -3.12. The van der Waals surface area contributed by atoms with E-state index in [0.29, 0.717) is 0 Å². The van der Waals surface area contributed by atoms with Gasteiger partial charge in [0.05, 0.1) is 33.2 Å². The van der Waals surface area contributed by atoms with E-state index in [4.69, 9.17) is 0 Å². The second-order valence-corrected chi connectivity index (χ2v) is 4.94. The quantitative estimate of drug-likeness (QED) is 0.832. The third-order valence-corrected chi connectivity index (χ3v) is 3.36. The van der Waals surface area contributed by atoms with E-state index in [9.17, 15) is 18.0 Å². The van der Waals surface area contributed by atoms with E-state index in [1.165, 1.54) is 17.0 Å². The molecular formula is C13H17F3N3O+. The molecule has 1 aromatic carbocycles. The number of benzene rings is 1. The summed E-state index contributed by atoms with van der Waals surface area (Å²) < 4.78 is 36.4. The summed E-state index contributed by atoms with van der Waals surface area (Å²) in [5, 5.41) is 1.83. The number of rotatable bonds is 2. The van der Waals surface area contributed by atoms with Crippen LogP contribution in [0.3, 0.4) is 0 Å². The number of quaternary nitrogens is 1. The van der Waals surface area contributed by atoms with Crippen LogP contribution in [0.15, 0.2) is 24.3 Å². The fourth-order valence-electron chi connectivity index (χ4n) is 2.10. The summed E-state index contributed by atoms with van der Waals surface area (Å²) in [6, 6.07) is 6.44. The maximum absolute atomic E-state index is 12.1. The van der Waals surface area contributed by atoms with Crippen molar-refractivity contribution in [2.24, 2.45) is 0 Å². The number of nitrogens with one attached hydrogen (secondary N) is 2. The Hall–Kier alpha value is -1.76. The molecule has 1 aliphatic heterocycles. The Morgan fingerprint density at radius 2 is 1.75 bits per heavy atom. The van der Waals surface area contributed by atoms with Crippen molar-refractivity contribution >= 4 is 17.3 Å². The van der Waals surface area contributed by atoms with E-state index >= 15 is 0 Å². The molecule has 0 atom stereocenters. The molecule has 0 aromatic heterocycles. The van der Waals surface area contributed by atoms with E-state index < -0.39 is 12.1 Å². The first kappa shape index (κ1) is 14.6. The van der Waals surface area contributed by atoms with Crippen LogP contribution in [-0.2, 0) is 4.79 Å². The predicted molar refractivity (Wildman–Crippen MR) is 70.0 cm³/mol. The number of nitrogens with zero attached hydrogens (tertiary/aromatic N) is 1. The minimum atomic E-state index is -4.86. The van der Waals surface area contributed by atoms with Crippen molar-refractivity contribution in [1.82, 2.24) is 0 Å². The van der Waals surface area contributed by atoms with Crippen molar-refractivity contribution in [1.29, 1.82) is 0 Å². The number of halogens is 3. The standard InChI is InChI=1S/C13H16F3N3O/c1-18-6-8-19(9-7-18)11-4-2-10(3-5-11)17-12(20)13(14,15)16/h2-5H,6-9H2,1H3,(H,17,20)/p+1. The highest BCUT2D eigenvalue weighted by molar-refractivity contribution is 5.95. The largest absolute Gasteiger partial charge is 0.471 e. The van der Waals surface area contributed by atoms with Crippen LogP contribution < -0.4 is 15.1 Å². The van der Waals surface area contributed by atoms with Crippen molar-refractivity contribution in [2.45, 2.75) is 6.18 Å². The molecule has 0 spiro atoms. The number of hydrogen-bond donors (Lipinski definition) is 2. The van der Waals surface area contributed by atoms with Crippen molar-refractivity contribution < 1.29 is 22.9 Å².